The molecule has 27 heavy (non-hydrogen) atoms. The number of hydrogen-bond donors (Lipinski definition) is 2. The van der Waals surface area contributed by atoms with Crippen LogP contribution in [0.5, 0.6) is 0 Å². The zero-order valence-electron chi connectivity index (χ0n) is 14.2. The predicted octanol–water partition coefficient (Wildman–Crippen LogP) is 2.81. The van der Waals surface area contributed by atoms with Crippen molar-refractivity contribution in [3.05, 3.63) is 95.4 Å². The summed E-state index contributed by atoms with van der Waals surface area (Å²) in [6.07, 6.45) is 3.01. The van der Waals surface area contributed by atoms with Crippen LogP contribution in [-0.4, -0.2) is 24.2 Å². The van der Waals surface area contributed by atoms with Gasteiger partial charge in [-0.3, -0.25) is 9.59 Å². The molecule has 0 fully saturated rings. The van der Waals surface area contributed by atoms with Crippen LogP contribution in [0.3, 0.4) is 0 Å². The number of nitrogens with zero attached hydrogens (tertiary/aromatic N) is 2. The zero-order chi connectivity index (χ0) is 18.9. The number of carbonyl (C=O) groups excluding carboxylic acids is 2. The van der Waals surface area contributed by atoms with Gasteiger partial charge in [0.05, 0.1) is 12.4 Å². The molecule has 0 atom stereocenters. The van der Waals surface area contributed by atoms with Crippen LogP contribution in [-0.2, 0) is 0 Å². The van der Waals surface area contributed by atoms with Crippen LogP contribution in [0.15, 0.2) is 87.4 Å². The van der Waals surface area contributed by atoms with Gasteiger partial charge in [0.15, 0.2) is 11.5 Å². The lowest BCUT2D eigenvalue weighted by molar-refractivity contribution is 0.0902. The number of nitrogens with one attached hydrogen (secondary N) is 2. The molecule has 7 heteroatoms. The number of hydrogen-bond acceptors (Lipinski definition) is 5. The van der Waals surface area contributed by atoms with Crippen LogP contribution in [0.1, 0.15) is 32.2 Å². The maximum atomic E-state index is 12.0. The monoisotopic (exact) mass is 360 g/mol. The summed E-state index contributed by atoms with van der Waals surface area (Å²) in [6, 6.07) is 21.4. The van der Waals surface area contributed by atoms with Gasteiger partial charge in [0, 0.05) is 0 Å². The summed E-state index contributed by atoms with van der Waals surface area (Å²) in [5, 5.41) is 7.69. The third-order valence-corrected chi connectivity index (χ3v) is 3.41. The second-order valence-corrected chi connectivity index (χ2v) is 5.38. The summed E-state index contributed by atoms with van der Waals surface area (Å²) in [4.78, 5) is 24.0. The summed E-state index contributed by atoms with van der Waals surface area (Å²) in [5.74, 6) is -1.18. The smallest absolute Gasteiger partial charge is 0.307 e. The van der Waals surface area contributed by atoms with Crippen molar-refractivity contribution in [2.45, 2.75) is 0 Å². The van der Waals surface area contributed by atoms with Gasteiger partial charge in [-0.1, -0.05) is 60.7 Å². The third kappa shape index (κ3) is 5.23. The molecule has 3 aromatic rings. The second-order valence-electron chi connectivity index (χ2n) is 5.38. The zero-order valence-corrected chi connectivity index (χ0v) is 14.2. The number of carbonyl (C=O) groups is 2. The van der Waals surface area contributed by atoms with Crippen LogP contribution in [0.2, 0.25) is 0 Å². The first-order valence-electron chi connectivity index (χ1n) is 8.09. The first-order valence-corrected chi connectivity index (χ1v) is 8.09. The fourth-order valence-corrected chi connectivity index (χ4v) is 2.10. The highest BCUT2D eigenvalue weighted by molar-refractivity contribution is 5.96. The van der Waals surface area contributed by atoms with Gasteiger partial charge in [0.2, 0.25) is 0 Å². The van der Waals surface area contributed by atoms with Crippen molar-refractivity contribution >= 4 is 24.2 Å². The molecule has 2 N–H and O–H groups in total. The van der Waals surface area contributed by atoms with E-state index in [1.165, 1.54) is 24.6 Å². The standard InChI is InChI=1S/C20H16N4O3/c25-19(23-21-13-15-7-3-1-4-8-15)17-11-12-18(27-17)20(26)24-22-14-16-9-5-2-6-10-16/h1-14H,(H,23,25)(H,24,26). The van der Waals surface area contributed by atoms with E-state index in [1.54, 1.807) is 0 Å². The Labute approximate surface area is 155 Å². The van der Waals surface area contributed by atoms with E-state index in [1.807, 2.05) is 60.7 Å². The van der Waals surface area contributed by atoms with Gasteiger partial charge < -0.3 is 4.42 Å². The summed E-state index contributed by atoms with van der Waals surface area (Å²) in [6.45, 7) is 0. The molecule has 0 unspecified atom stereocenters. The van der Waals surface area contributed by atoms with Gasteiger partial charge in [0.1, 0.15) is 0 Å². The van der Waals surface area contributed by atoms with Crippen molar-refractivity contribution in [3.8, 4) is 0 Å². The molecule has 1 heterocycles. The van der Waals surface area contributed by atoms with Crippen molar-refractivity contribution < 1.29 is 14.0 Å². The predicted molar refractivity (Wildman–Crippen MR) is 102 cm³/mol. The van der Waals surface area contributed by atoms with E-state index in [2.05, 4.69) is 21.1 Å². The fraction of sp³-hybridized carbons (Fsp3) is 0. The second kappa shape index (κ2) is 8.91. The third-order valence-electron chi connectivity index (χ3n) is 3.41. The fourth-order valence-electron chi connectivity index (χ4n) is 2.10. The van der Waals surface area contributed by atoms with Crippen molar-refractivity contribution in [1.82, 2.24) is 10.9 Å². The number of hydrazone groups is 2. The number of amides is 2. The SMILES string of the molecule is O=C(NN=Cc1ccccc1)c1ccc(C(=O)NN=Cc2ccccc2)o1. The van der Waals surface area contributed by atoms with Crippen LogP contribution < -0.4 is 10.9 Å². The van der Waals surface area contributed by atoms with E-state index in [9.17, 15) is 9.59 Å². The molecule has 3 rings (SSSR count). The Balaban J connectivity index is 1.54. The lowest BCUT2D eigenvalue weighted by Crippen LogP contribution is -2.18. The molecule has 2 aromatic carbocycles. The van der Waals surface area contributed by atoms with E-state index in [0.29, 0.717) is 0 Å². The molecule has 1 aromatic heterocycles. The minimum atomic E-state index is -0.561. The largest absolute Gasteiger partial charge is 0.446 e. The highest BCUT2D eigenvalue weighted by Crippen LogP contribution is 2.08. The molecule has 2 amide bonds. The molecule has 0 aliphatic carbocycles. The maximum Gasteiger partial charge on any atom is 0.307 e. The average Bonchev–Trinajstić information content (AvgIpc) is 3.20. The maximum absolute atomic E-state index is 12.0. The molecule has 0 saturated carbocycles. The Hall–Kier alpha value is -4.00. The van der Waals surface area contributed by atoms with Gasteiger partial charge in [-0.25, -0.2) is 10.9 Å². The molecule has 0 aliphatic rings. The highest BCUT2D eigenvalue weighted by Gasteiger charge is 2.15. The normalized spacial score (nSPS) is 11.0. The first-order chi connectivity index (χ1) is 13.2. The number of furan rings is 1. The van der Waals surface area contributed by atoms with Gasteiger partial charge in [-0.05, 0) is 23.3 Å². The molecule has 0 aliphatic heterocycles. The van der Waals surface area contributed by atoms with Crippen molar-refractivity contribution in [2.75, 3.05) is 0 Å². The summed E-state index contributed by atoms with van der Waals surface area (Å²) in [7, 11) is 0. The molecule has 0 spiro atoms. The quantitative estimate of drug-likeness (QED) is 0.522. The first kappa shape index (κ1) is 17.8. The topological polar surface area (TPSA) is 96.1 Å². The van der Waals surface area contributed by atoms with Gasteiger partial charge in [-0.2, -0.15) is 10.2 Å². The molecule has 0 bridgehead atoms. The van der Waals surface area contributed by atoms with E-state index in [-0.39, 0.29) is 11.5 Å². The van der Waals surface area contributed by atoms with Crippen molar-refractivity contribution in [3.63, 3.8) is 0 Å². The highest BCUT2D eigenvalue weighted by atomic mass is 16.4. The van der Waals surface area contributed by atoms with E-state index in [0.717, 1.165) is 11.1 Å². The Morgan fingerprint density at radius 1 is 0.667 bits per heavy atom. The van der Waals surface area contributed by atoms with E-state index < -0.39 is 11.8 Å². The van der Waals surface area contributed by atoms with Gasteiger partial charge in [-0.15, -0.1) is 0 Å². The molecule has 0 saturated heterocycles. The van der Waals surface area contributed by atoms with Gasteiger partial charge in [0.25, 0.3) is 0 Å². The summed E-state index contributed by atoms with van der Waals surface area (Å²) < 4.78 is 5.24. The van der Waals surface area contributed by atoms with Crippen molar-refractivity contribution in [1.29, 1.82) is 0 Å². The Kier molecular flexibility index (Phi) is 5.88. The summed E-state index contributed by atoms with van der Waals surface area (Å²) in [5.41, 5.74) is 6.36. The number of benzene rings is 2. The molecule has 7 nitrogen and oxygen atoms in total. The molecule has 0 radical (unpaired) electrons. The van der Waals surface area contributed by atoms with Crippen LogP contribution in [0.4, 0.5) is 0 Å². The minimum absolute atomic E-state index is 0.0302. The van der Waals surface area contributed by atoms with Gasteiger partial charge >= 0.3 is 11.8 Å². The lowest BCUT2D eigenvalue weighted by Gasteiger charge is -1.97. The average molecular weight is 360 g/mol. The van der Waals surface area contributed by atoms with Crippen LogP contribution in [0.25, 0.3) is 0 Å². The minimum Gasteiger partial charge on any atom is -0.446 e. The van der Waals surface area contributed by atoms with E-state index in [4.69, 9.17) is 4.42 Å². The molecular weight excluding hydrogens is 344 g/mol. The lowest BCUT2D eigenvalue weighted by atomic mass is 10.2. The molecular formula is C20H16N4O3. The van der Waals surface area contributed by atoms with Crippen molar-refractivity contribution in [2.24, 2.45) is 10.2 Å². The van der Waals surface area contributed by atoms with Crippen LogP contribution in [0, 0.1) is 0 Å². The Morgan fingerprint density at radius 2 is 1.07 bits per heavy atom. The molecule has 134 valence electrons. The Morgan fingerprint density at radius 3 is 1.48 bits per heavy atom. The van der Waals surface area contributed by atoms with Crippen LogP contribution >= 0.6 is 0 Å². The summed E-state index contributed by atoms with van der Waals surface area (Å²) >= 11 is 0. The van der Waals surface area contributed by atoms with E-state index >= 15 is 0 Å². The Bertz CT molecular complexity index is 885. The number of rotatable bonds is 6.